The van der Waals surface area contributed by atoms with Crippen LogP contribution in [0.4, 0.5) is 0 Å². The Morgan fingerprint density at radius 2 is 2.18 bits per heavy atom. The zero-order valence-electron chi connectivity index (χ0n) is 10.6. The highest BCUT2D eigenvalue weighted by Crippen LogP contribution is 2.14. The molecule has 0 radical (unpaired) electrons. The Labute approximate surface area is 103 Å². The Bertz CT molecular complexity index is 342. The van der Waals surface area contributed by atoms with Gasteiger partial charge in [0.15, 0.2) is 0 Å². The van der Waals surface area contributed by atoms with Crippen LogP contribution in [0.2, 0.25) is 0 Å². The van der Waals surface area contributed by atoms with E-state index in [0.29, 0.717) is 18.2 Å². The van der Waals surface area contributed by atoms with Crippen molar-refractivity contribution in [3.63, 3.8) is 0 Å². The summed E-state index contributed by atoms with van der Waals surface area (Å²) in [5.41, 5.74) is 1.61. The van der Waals surface area contributed by atoms with Crippen LogP contribution in [-0.4, -0.2) is 28.3 Å². The fourth-order valence-electron chi connectivity index (χ4n) is 1.61. The number of hydrogen-bond acceptors (Lipinski definition) is 4. The Morgan fingerprint density at radius 1 is 1.41 bits per heavy atom. The van der Waals surface area contributed by atoms with Gasteiger partial charge in [-0.25, -0.2) is 0 Å². The minimum atomic E-state index is 0.242. The van der Waals surface area contributed by atoms with E-state index in [4.69, 9.17) is 5.11 Å². The monoisotopic (exact) mass is 238 g/mol. The lowest BCUT2D eigenvalue weighted by molar-refractivity contribution is 0.228. The topological polar surface area (TPSA) is 65.4 Å². The molecule has 0 saturated carbocycles. The first-order valence-corrected chi connectivity index (χ1v) is 6.10. The van der Waals surface area contributed by atoms with Crippen LogP contribution < -0.4 is 5.32 Å². The highest BCUT2D eigenvalue weighted by molar-refractivity contribution is 5.27. The molecule has 1 aromatic rings. The number of rotatable bonds is 7. The molecule has 0 aliphatic heterocycles. The van der Waals surface area contributed by atoms with Gasteiger partial charge in [-0.1, -0.05) is 6.92 Å². The van der Waals surface area contributed by atoms with Gasteiger partial charge in [-0.15, -0.1) is 0 Å². The molecule has 96 valence electrons. The fourth-order valence-corrected chi connectivity index (χ4v) is 1.61. The van der Waals surface area contributed by atoms with Crippen molar-refractivity contribution in [1.29, 1.82) is 0 Å². The van der Waals surface area contributed by atoms with Gasteiger partial charge in [0, 0.05) is 18.8 Å². The van der Waals surface area contributed by atoms with E-state index in [0.717, 1.165) is 25.1 Å². The summed E-state index contributed by atoms with van der Waals surface area (Å²) in [5.74, 6) is 0.606. The molecule has 0 aromatic carbocycles. The second kappa shape index (κ2) is 7.25. The molecule has 4 nitrogen and oxygen atoms in total. The van der Waals surface area contributed by atoms with Crippen molar-refractivity contribution in [3.8, 4) is 5.75 Å². The van der Waals surface area contributed by atoms with Crippen molar-refractivity contribution in [2.45, 2.75) is 33.2 Å². The number of aromatic hydroxyl groups is 1. The SMILES string of the molecule is Cc1ccc(O)c(CNCCCC(C)CO)n1. The number of aliphatic hydroxyl groups excluding tert-OH is 1. The van der Waals surface area contributed by atoms with Crippen LogP contribution in [0.1, 0.15) is 31.2 Å². The number of aryl methyl sites for hydroxylation is 1. The van der Waals surface area contributed by atoms with E-state index < -0.39 is 0 Å². The summed E-state index contributed by atoms with van der Waals surface area (Å²) in [6, 6.07) is 3.47. The second-order valence-corrected chi connectivity index (χ2v) is 4.53. The largest absolute Gasteiger partial charge is 0.506 e. The molecule has 1 aromatic heterocycles. The van der Waals surface area contributed by atoms with Gasteiger partial charge in [0.25, 0.3) is 0 Å². The van der Waals surface area contributed by atoms with Crippen LogP contribution in [0.3, 0.4) is 0 Å². The van der Waals surface area contributed by atoms with Crippen molar-refractivity contribution in [1.82, 2.24) is 10.3 Å². The number of aromatic nitrogens is 1. The minimum absolute atomic E-state index is 0.242. The highest BCUT2D eigenvalue weighted by atomic mass is 16.3. The molecule has 0 bridgehead atoms. The van der Waals surface area contributed by atoms with Gasteiger partial charge in [0.2, 0.25) is 0 Å². The summed E-state index contributed by atoms with van der Waals surface area (Å²) in [6.45, 7) is 5.65. The summed E-state index contributed by atoms with van der Waals surface area (Å²) < 4.78 is 0. The lowest BCUT2D eigenvalue weighted by Gasteiger charge is -2.09. The van der Waals surface area contributed by atoms with E-state index in [1.807, 2.05) is 13.8 Å². The van der Waals surface area contributed by atoms with E-state index in [9.17, 15) is 5.11 Å². The van der Waals surface area contributed by atoms with Crippen LogP contribution in [0.5, 0.6) is 5.75 Å². The predicted molar refractivity (Wildman–Crippen MR) is 67.8 cm³/mol. The first kappa shape index (κ1) is 13.9. The number of nitrogens with one attached hydrogen (secondary N) is 1. The lowest BCUT2D eigenvalue weighted by Crippen LogP contribution is -2.17. The predicted octanol–water partition coefficient (Wildman–Crippen LogP) is 1.59. The third-order valence-corrected chi connectivity index (χ3v) is 2.74. The van der Waals surface area contributed by atoms with Crippen LogP contribution >= 0.6 is 0 Å². The number of nitrogens with zero attached hydrogens (tertiary/aromatic N) is 1. The van der Waals surface area contributed by atoms with Crippen LogP contribution in [0.15, 0.2) is 12.1 Å². The average molecular weight is 238 g/mol. The van der Waals surface area contributed by atoms with Crippen molar-refractivity contribution in [2.24, 2.45) is 5.92 Å². The summed E-state index contributed by atoms with van der Waals surface area (Å²) in [5, 5.41) is 21.7. The quantitative estimate of drug-likeness (QED) is 0.631. The Kier molecular flexibility index (Phi) is 5.94. The van der Waals surface area contributed by atoms with Gasteiger partial charge in [0.1, 0.15) is 5.75 Å². The Balaban J connectivity index is 2.24. The van der Waals surface area contributed by atoms with E-state index in [2.05, 4.69) is 10.3 Å². The van der Waals surface area contributed by atoms with E-state index >= 15 is 0 Å². The Morgan fingerprint density at radius 3 is 2.88 bits per heavy atom. The summed E-state index contributed by atoms with van der Waals surface area (Å²) in [6.07, 6.45) is 2.03. The maximum Gasteiger partial charge on any atom is 0.138 e. The Hall–Kier alpha value is -1.13. The molecule has 3 N–H and O–H groups in total. The molecule has 17 heavy (non-hydrogen) atoms. The molecule has 0 aliphatic rings. The third-order valence-electron chi connectivity index (χ3n) is 2.74. The summed E-state index contributed by atoms with van der Waals surface area (Å²) in [7, 11) is 0. The van der Waals surface area contributed by atoms with Crippen LogP contribution in [-0.2, 0) is 6.54 Å². The van der Waals surface area contributed by atoms with Crippen molar-refractivity contribution in [2.75, 3.05) is 13.2 Å². The summed E-state index contributed by atoms with van der Waals surface area (Å²) in [4.78, 5) is 4.27. The maximum absolute atomic E-state index is 9.58. The molecular weight excluding hydrogens is 216 g/mol. The van der Waals surface area contributed by atoms with Gasteiger partial charge in [-0.2, -0.15) is 0 Å². The minimum Gasteiger partial charge on any atom is -0.506 e. The van der Waals surface area contributed by atoms with Crippen molar-refractivity contribution < 1.29 is 10.2 Å². The zero-order valence-corrected chi connectivity index (χ0v) is 10.6. The van der Waals surface area contributed by atoms with Crippen molar-refractivity contribution in [3.05, 3.63) is 23.5 Å². The molecule has 1 heterocycles. The molecule has 1 atom stereocenters. The smallest absolute Gasteiger partial charge is 0.138 e. The van der Waals surface area contributed by atoms with Gasteiger partial charge in [0.05, 0.1) is 5.69 Å². The van der Waals surface area contributed by atoms with Gasteiger partial charge in [-0.3, -0.25) is 4.98 Å². The molecule has 0 amide bonds. The molecule has 0 saturated heterocycles. The second-order valence-electron chi connectivity index (χ2n) is 4.53. The van der Waals surface area contributed by atoms with Crippen LogP contribution in [0, 0.1) is 12.8 Å². The first-order chi connectivity index (χ1) is 8.13. The highest BCUT2D eigenvalue weighted by Gasteiger charge is 2.03. The summed E-state index contributed by atoms with van der Waals surface area (Å²) >= 11 is 0. The fraction of sp³-hybridized carbons (Fsp3) is 0.615. The number of pyridine rings is 1. The zero-order chi connectivity index (χ0) is 12.7. The normalized spacial score (nSPS) is 12.6. The molecule has 0 fully saturated rings. The number of hydrogen-bond donors (Lipinski definition) is 3. The molecule has 1 unspecified atom stereocenters. The molecule has 0 aliphatic carbocycles. The molecule has 0 spiro atoms. The first-order valence-electron chi connectivity index (χ1n) is 6.10. The van der Waals surface area contributed by atoms with Gasteiger partial charge >= 0.3 is 0 Å². The lowest BCUT2D eigenvalue weighted by atomic mass is 10.1. The third kappa shape index (κ3) is 5.15. The van der Waals surface area contributed by atoms with Gasteiger partial charge in [-0.05, 0) is 44.4 Å². The van der Waals surface area contributed by atoms with E-state index in [1.165, 1.54) is 0 Å². The van der Waals surface area contributed by atoms with E-state index in [-0.39, 0.29) is 12.4 Å². The molecular formula is C13H22N2O2. The maximum atomic E-state index is 9.58. The van der Waals surface area contributed by atoms with Crippen molar-refractivity contribution >= 4 is 0 Å². The number of aliphatic hydroxyl groups is 1. The van der Waals surface area contributed by atoms with Crippen LogP contribution in [0.25, 0.3) is 0 Å². The standard InChI is InChI=1S/C13H22N2O2/c1-10(9-16)4-3-7-14-8-12-13(17)6-5-11(2)15-12/h5-6,10,14,16-17H,3-4,7-9H2,1-2H3. The molecule has 1 rings (SSSR count). The van der Waals surface area contributed by atoms with E-state index in [1.54, 1.807) is 12.1 Å². The molecule has 4 heteroatoms. The van der Waals surface area contributed by atoms with Gasteiger partial charge < -0.3 is 15.5 Å². The average Bonchev–Trinajstić information content (AvgIpc) is 2.32.